The summed E-state index contributed by atoms with van der Waals surface area (Å²) in [6.07, 6.45) is 1.75. The van der Waals surface area contributed by atoms with E-state index in [4.69, 9.17) is 0 Å². The highest BCUT2D eigenvalue weighted by molar-refractivity contribution is 7.98. The molecule has 172 valence electrons. The van der Waals surface area contributed by atoms with Crippen molar-refractivity contribution >= 4 is 28.1 Å². The molecule has 3 aromatic heterocycles. The van der Waals surface area contributed by atoms with E-state index < -0.39 is 0 Å². The lowest BCUT2D eigenvalue weighted by Crippen LogP contribution is -2.12. The molecule has 0 aliphatic heterocycles. The van der Waals surface area contributed by atoms with Gasteiger partial charge in [0.2, 0.25) is 0 Å². The molecular weight excluding hydrogens is 462 g/mol. The minimum Gasteiger partial charge on any atom is -0.270 e. The summed E-state index contributed by atoms with van der Waals surface area (Å²) in [5.41, 5.74) is 5.19. The zero-order valence-corrected chi connectivity index (χ0v) is 21.2. The average Bonchev–Trinajstić information content (AvgIpc) is 3.45. The van der Waals surface area contributed by atoms with E-state index in [9.17, 15) is 4.79 Å². The molecule has 0 aliphatic rings. The van der Waals surface area contributed by atoms with Crippen molar-refractivity contribution in [2.24, 2.45) is 0 Å². The molecule has 0 saturated heterocycles. The molecule has 5 rings (SSSR count). The Kier molecular flexibility index (Phi) is 5.87. The van der Waals surface area contributed by atoms with Gasteiger partial charge in [0.05, 0.1) is 11.4 Å². The van der Waals surface area contributed by atoms with Crippen molar-refractivity contribution in [2.45, 2.75) is 44.0 Å². The molecule has 5 aromatic rings. The summed E-state index contributed by atoms with van der Waals surface area (Å²) in [6.45, 7) is 8.71. The highest BCUT2D eigenvalue weighted by Crippen LogP contribution is 2.32. The summed E-state index contributed by atoms with van der Waals surface area (Å²) in [5.74, 6) is 1.32. The van der Waals surface area contributed by atoms with Crippen molar-refractivity contribution < 1.29 is 0 Å². The third kappa shape index (κ3) is 4.31. The van der Waals surface area contributed by atoms with Gasteiger partial charge >= 0.3 is 0 Å². The van der Waals surface area contributed by atoms with E-state index in [0.717, 1.165) is 33.5 Å². The van der Waals surface area contributed by atoms with E-state index in [2.05, 4.69) is 83.8 Å². The normalized spacial score (nSPS) is 11.9. The molecule has 0 fully saturated rings. The van der Waals surface area contributed by atoms with Gasteiger partial charge in [-0.25, -0.2) is 4.98 Å². The molecular formula is C26H25N5OS2. The Balaban J connectivity index is 1.54. The van der Waals surface area contributed by atoms with Crippen molar-refractivity contribution in [3.8, 4) is 17.1 Å². The van der Waals surface area contributed by atoms with Crippen LogP contribution in [-0.4, -0.2) is 24.1 Å². The van der Waals surface area contributed by atoms with Crippen LogP contribution in [0.2, 0.25) is 0 Å². The van der Waals surface area contributed by atoms with Gasteiger partial charge < -0.3 is 0 Å². The number of rotatable bonds is 5. The number of thioether (sulfide) groups is 1. The molecule has 8 heteroatoms. The van der Waals surface area contributed by atoms with E-state index in [0.29, 0.717) is 10.7 Å². The summed E-state index contributed by atoms with van der Waals surface area (Å²) >= 11 is 2.98. The maximum absolute atomic E-state index is 12.4. The van der Waals surface area contributed by atoms with E-state index in [1.165, 1.54) is 28.7 Å². The van der Waals surface area contributed by atoms with Crippen LogP contribution in [0.15, 0.2) is 76.1 Å². The lowest BCUT2D eigenvalue weighted by molar-refractivity contribution is 0.590. The van der Waals surface area contributed by atoms with Crippen LogP contribution in [0, 0.1) is 6.92 Å². The summed E-state index contributed by atoms with van der Waals surface area (Å²) in [4.78, 5) is 17.7. The minimum absolute atomic E-state index is 0.0677. The molecule has 0 atom stereocenters. The van der Waals surface area contributed by atoms with Gasteiger partial charge in [0.1, 0.15) is 0 Å². The second-order valence-electron chi connectivity index (χ2n) is 9.19. The second-order valence-corrected chi connectivity index (χ2v) is 11.0. The standard InChI is InChI=1S/C26H25N5OS2/c1-17-7-5-6-8-21(17)31-23(18-9-11-19(12-10-18)26(2,3)4)28-29-25(31)34-16-20-15-22(32)30-13-14-33-24(30)27-20/h5-15H,16H2,1-4H3. The lowest BCUT2D eigenvalue weighted by atomic mass is 9.87. The topological polar surface area (TPSA) is 65.1 Å². The fourth-order valence-electron chi connectivity index (χ4n) is 3.80. The zero-order chi connectivity index (χ0) is 23.9. The van der Waals surface area contributed by atoms with E-state index in [1.54, 1.807) is 16.7 Å². The maximum Gasteiger partial charge on any atom is 0.258 e. The number of aromatic nitrogens is 5. The second kappa shape index (κ2) is 8.85. The van der Waals surface area contributed by atoms with Crippen LogP contribution < -0.4 is 5.56 Å². The van der Waals surface area contributed by atoms with Gasteiger partial charge in [0, 0.05) is 29.0 Å². The smallest absolute Gasteiger partial charge is 0.258 e. The van der Waals surface area contributed by atoms with Crippen LogP contribution in [0.25, 0.3) is 22.0 Å². The molecule has 6 nitrogen and oxygen atoms in total. The third-order valence-electron chi connectivity index (χ3n) is 5.70. The average molecular weight is 488 g/mol. The fraction of sp³-hybridized carbons (Fsp3) is 0.231. The Morgan fingerprint density at radius 1 is 1.03 bits per heavy atom. The highest BCUT2D eigenvalue weighted by atomic mass is 32.2. The van der Waals surface area contributed by atoms with Crippen LogP contribution >= 0.6 is 23.1 Å². The van der Waals surface area contributed by atoms with Crippen molar-refractivity contribution in [1.82, 2.24) is 24.1 Å². The van der Waals surface area contributed by atoms with Crippen molar-refractivity contribution in [3.05, 3.63) is 93.3 Å². The monoisotopic (exact) mass is 487 g/mol. The van der Waals surface area contributed by atoms with Crippen LogP contribution in [0.4, 0.5) is 0 Å². The van der Waals surface area contributed by atoms with Gasteiger partial charge in [-0.05, 0) is 29.5 Å². The molecule has 0 amide bonds. The number of aryl methyl sites for hydroxylation is 1. The molecule has 0 bridgehead atoms. The lowest BCUT2D eigenvalue weighted by Gasteiger charge is -2.19. The summed E-state index contributed by atoms with van der Waals surface area (Å²) < 4.78 is 3.66. The first-order valence-electron chi connectivity index (χ1n) is 11.0. The predicted molar refractivity (Wildman–Crippen MR) is 139 cm³/mol. The van der Waals surface area contributed by atoms with Crippen LogP contribution in [0.1, 0.15) is 37.6 Å². The van der Waals surface area contributed by atoms with Gasteiger partial charge in [-0.1, -0.05) is 75.0 Å². The minimum atomic E-state index is -0.0677. The van der Waals surface area contributed by atoms with Crippen molar-refractivity contribution in [3.63, 3.8) is 0 Å². The highest BCUT2D eigenvalue weighted by Gasteiger charge is 2.19. The molecule has 2 aromatic carbocycles. The Labute approximate surface area is 206 Å². The maximum atomic E-state index is 12.4. The Morgan fingerprint density at radius 2 is 1.79 bits per heavy atom. The number of nitrogens with zero attached hydrogens (tertiary/aromatic N) is 5. The molecule has 0 saturated carbocycles. The number of hydrogen-bond acceptors (Lipinski definition) is 6. The van der Waals surface area contributed by atoms with E-state index in [1.807, 2.05) is 17.5 Å². The SMILES string of the molecule is Cc1ccccc1-n1c(SCc2cc(=O)n3ccsc3n2)nnc1-c1ccc(C(C)(C)C)cc1. The first-order valence-corrected chi connectivity index (χ1v) is 12.9. The predicted octanol–water partition coefficient (Wildman–Crippen LogP) is 5.90. The Morgan fingerprint density at radius 3 is 2.53 bits per heavy atom. The summed E-state index contributed by atoms with van der Waals surface area (Å²) in [7, 11) is 0. The summed E-state index contributed by atoms with van der Waals surface area (Å²) in [5, 5.41) is 11.7. The van der Waals surface area contributed by atoms with E-state index in [-0.39, 0.29) is 11.0 Å². The van der Waals surface area contributed by atoms with Crippen molar-refractivity contribution in [1.29, 1.82) is 0 Å². The van der Waals surface area contributed by atoms with Gasteiger partial charge in [-0.15, -0.1) is 21.5 Å². The molecule has 0 radical (unpaired) electrons. The molecule has 0 spiro atoms. The fourth-order valence-corrected chi connectivity index (χ4v) is 5.38. The number of hydrogen-bond donors (Lipinski definition) is 0. The quantitative estimate of drug-likeness (QED) is 0.289. The molecule has 0 aliphatic carbocycles. The van der Waals surface area contributed by atoms with Crippen molar-refractivity contribution in [2.75, 3.05) is 0 Å². The van der Waals surface area contributed by atoms with Gasteiger partial charge in [0.15, 0.2) is 15.9 Å². The number of fused-ring (bicyclic) bond motifs is 1. The van der Waals surface area contributed by atoms with Crippen LogP contribution in [0.3, 0.4) is 0 Å². The first kappa shape index (κ1) is 22.6. The zero-order valence-electron chi connectivity index (χ0n) is 19.5. The number of benzene rings is 2. The molecule has 3 heterocycles. The van der Waals surface area contributed by atoms with E-state index >= 15 is 0 Å². The van der Waals surface area contributed by atoms with Crippen LogP contribution in [0.5, 0.6) is 0 Å². The number of para-hydroxylation sites is 1. The summed E-state index contributed by atoms with van der Waals surface area (Å²) in [6, 6.07) is 18.4. The van der Waals surface area contributed by atoms with Gasteiger partial charge in [-0.2, -0.15) is 0 Å². The molecule has 0 N–H and O–H groups in total. The molecule has 34 heavy (non-hydrogen) atoms. The van der Waals surface area contributed by atoms with Gasteiger partial charge in [0.25, 0.3) is 5.56 Å². The Bertz CT molecular complexity index is 1520. The number of thiazole rings is 1. The largest absolute Gasteiger partial charge is 0.270 e. The van der Waals surface area contributed by atoms with Gasteiger partial charge in [-0.3, -0.25) is 13.8 Å². The first-order chi connectivity index (χ1) is 16.3. The van der Waals surface area contributed by atoms with Crippen LogP contribution in [-0.2, 0) is 11.2 Å². The third-order valence-corrected chi connectivity index (χ3v) is 7.42. The molecule has 0 unspecified atom stereocenters. The Hall–Kier alpha value is -3.23.